The number of imide groups is 1. The van der Waals surface area contributed by atoms with E-state index in [1.54, 1.807) is 33.7 Å². The molecule has 0 aliphatic carbocycles. The fraction of sp³-hybridized carbons (Fsp3) is 0.417. The van der Waals surface area contributed by atoms with E-state index >= 15 is 0 Å². The molecular formula is C24H25FN4O4. The van der Waals surface area contributed by atoms with Gasteiger partial charge >= 0.3 is 6.03 Å². The Balaban J connectivity index is 1.20. The summed E-state index contributed by atoms with van der Waals surface area (Å²) in [5.41, 5.74) is 1.76. The van der Waals surface area contributed by atoms with Crippen LogP contribution in [-0.2, 0) is 22.6 Å². The zero-order valence-electron chi connectivity index (χ0n) is 18.1. The molecule has 1 aromatic carbocycles. The molecule has 172 valence electrons. The summed E-state index contributed by atoms with van der Waals surface area (Å²) in [4.78, 5) is 53.2. The molecule has 2 aromatic rings. The first-order valence-corrected chi connectivity index (χ1v) is 11.2. The van der Waals surface area contributed by atoms with Crippen molar-refractivity contribution >= 4 is 17.8 Å². The van der Waals surface area contributed by atoms with Crippen molar-refractivity contribution in [2.45, 2.75) is 37.8 Å². The highest BCUT2D eigenvalue weighted by Gasteiger charge is 2.41. The molecule has 3 aliphatic heterocycles. The summed E-state index contributed by atoms with van der Waals surface area (Å²) >= 11 is 0. The number of pyridine rings is 1. The third-order valence-electron chi connectivity index (χ3n) is 6.86. The molecule has 3 aliphatic rings. The molecular weight excluding hydrogens is 427 g/mol. The number of amides is 4. The lowest BCUT2D eigenvalue weighted by molar-refractivity contribution is -0.137. The molecule has 1 N–H and O–H groups in total. The largest absolute Gasteiger partial charge is 0.342 e. The first-order chi connectivity index (χ1) is 15.9. The maximum atomic E-state index is 13.1. The van der Waals surface area contributed by atoms with Crippen LogP contribution in [0.5, 0.6) is 0 Å². The minimum atomic E-state index is -0.880. The van der Waals surface area contributed by atoms with Gasteiger partial charge in [0.15, 0.2) is 0 Å². The average Bonchev–Trinajstić information content (AvgIpc) is 3.06. The smallest absolute Gasteiger partial charge is 0.324 e. The summed E-state index contributed by atoms with van der Waals surface area (Å²) in [5.74, 6) is -0.637. The van der Waals surface area contributed by atoms with E-state index in [0.29, 0.717) is 26.1 Å². The Morgan fingerprint density at radius 3 is 2.61 bits per heavy atom. The second-order valence-electron chi connectivity index (χ2n) is 9.07. The van der Waals surface area contributed by atoms with Gasteiger partial charge in [0, 0.05) is 43.9 Å². The zero-order chi connectivity index (χ0) is 23.1. The zero-order valence-corrected chi connectivity index (χ0v) is 18.1. The number of hydrogen-bond donors (Lipinski definition) is 1. The van der Waals surface area contributed by atoms with Gasteiger partial charge in [-0.2, -0.15) is 0 Å². The highest BCUT2D eigenvalue weighted by molar-refractivity contribution is 6.05. The number of nitrogens with one attached hydrogen (secondary N) is 1. The predicted octanol–water partition coefficient (Wildman–Crippen LogP) is 1.49. The van der Waals surface area contributed by atoms with Gasteiger partial charge in [0.25, 0.3) is 11.5 Å². The van der Waals surface area contributed by atoms with Crippen LogP contribution >= 0.6 is 0 Å². The third-order valence-corrected chi connectivity index (χ3v) is 6.86. The van der Waals surface area contributed by atoms with Gasteiger partial charge in [-0.3, -0.25) is 19.3 Å². The molecule has 9 heteroatoms. The van der Waals surface area contributed by atoms with Crippen LogP contribution in [0, 0.1) is 11.7 Å². The van der Waals surface area contributed by atoms with Crippen LogP contribution in [-0.4, -0.2) is 57.9 Å². The van der Waals surface area contributed by atoms with E-state index in [0.717, 1.165) is 22.6 Å². The molecule has 2 fully saturated rings. The van der Waals surface area contributed by atoms with E-state index in [4.69, 9.17) is 0 Å². The van der Waals surface area contributed by atoms with Crippen LogP contribution in [0.4, 0.5) is 9.18 Å². The van der Waals surface area contributed by atoms with Gasteiger partial charge < -0.3 is 14.8 Å². The van der Waals surface area contributed by atoms with Gasteiger partial charge in [-0.25, -0.2) is 9.18 Å². The standard InChI is InChI=1S/C24H25FN4O4/c25-18-6-4-15(5-7-18)8-9-28-23(32)19(26-24(28)33)11-22(31)27-12-16-10-17(14-27)20-2-1-3-21(30)29(20)13-16/h1-7,16-17,19H,8-14H2,(H,26,33)/t16-,17?,19+/m1/s1. The monoisotopic (exact) mass is 452 g/mol. The summed E-state index contributed by atoms with van der Waals surface area (Å²) < 4.78 is 14.9. The van der Waals surface area contributed by atoms with Crippen LogP contribution in [0.1, 0.15) is 30.0 Å². The minimum Gasteiger partial charge on any atom is -0.342 e. The lowest BCUT2D eigenvalue weighted by Gasteiger charge is -2.43. The number of piperidine rings is 1. The molecule has 33 heavy (non-hydrogen) atoms. The second kappa shape index (κ2) is 8.46. The van der Waals surface area contributed by atoms with Gasteiger partial charge in [0.05, 0.1) is 6.42 Å². The molecule has 2 saturated heterocycles. The first-order valence-electron chi connectivity index (χ1n) is 11.2. The van der Waals surface area contributed by atoms with Crippen molar-refractivity contribution in [2.75, 3.05) is 19.6 Å². The number of fused-ring (bicyclic) bond motifs is 4. The maximum absolute atomic E-state index is 13.1. The Morgan fingerprint density at radius 1 is 1.03 bits per heavy atom. The Bertz CT molecular complexity index is 1160. The number of nitrogens with zero attached hydrogens (tertiary/aromatic N) is 3. The summed E-state index contributed by atoms with van der Waals surface area (Å²) in [6, 6.07) is 9.78. The number of hydrogen-bond acceptors (Lipinski definition) is 4. The van der Waals surface area contributed by atoms with Gasteiger partial charge in [0.2, 0.25) is 5.91 Å². The summed E-state index contributed by atoms with van der Waals surface area (Å²) in [7, 11) is 0. The summed E-state index contributed by atoms with van der Waals surface area (Å²) in [5, 5.41) is 2.63. The number of halogens is 1. The van der Waals surface area contributed by atoms with Crippen LogP contribution in [0.15, 0.2) is 47.3 Å². The molecule has 0 radical (unpaired) electrons. The fourth-order valence-corrected chi connectivity index (χ4v) is 5.22. The molecule has 8 nitrogen and oxygen atoms in total. The van der Waals surface area contributed by atoms with Crippen molar-refractivity contribution in [3.05, 3.63) is 69.9 Å². The highest BCUT2D eigenvalue weighted by atomic mass is 19.1. The predicted molar refractivity (Wildman–Crippen MR) is 117 cm³/mol. The fourth-order valence-electron chi connectivity index (χ4n) is 5.22. The molecule has 0 spiro atoms. The van der Waals surface area contributed by atoms with Crippen molar-refractivity contribution in [2.24, 2.45) is 5.92 Å². The van der Waals surface area contributed by atoms with Gasteiger partial charge in [-0.1, -0.05) is 18.2 Å². The van der Waals surface area contributed by atoms with Crippen molar-refractivity contribution in [1.82, 2.24) is 19.7 Å². The van der Waals surface area contributed by atoms with Gasteiger partial charge in [0.1, 0.15) is 11.9 Å². The second-order valence-corrected chi connectivity index (χ2v) is 9.07. The number of urea groups is 1. The Kier molecular flexibility index (Phi) is 5.47. The topological polar surface area (TPSA) is 91.7 Å². The number of rotatable bonds is 5. The SMILES string of the molecule is O=C(C[C@@H]1NC(=O)N(CCc2ccc(F)cc2)C1=O)N1CC2C[C@H](C1)Cn1c2cccc1=O. The lowest BCUT2D eigenvalue weighted by atomic mass is 9.83. The molecule has 0 saturated carbocycles. The van der Waals surface area contributed by atoms with Crippen molar-refractivity contribution in [1.29, 1.82) is 0 Å². The molecule has 4 amide bonds. The Hall–Kier alpha value is -3.49. The Labute approximate surface area is 190 Å². The van der Waals surface area contributed by atoms with E-state index in [-0.39, 0.29) is 42.1 Å². The van der Waals surface area contributed by atoms with Crippen molar-refractivity contribution in [3.8, 4) is 0 Å². The average molecular weight is 452 g/mol. The summed E-state index contributed by atoms with van der Waals surface area (Å²) in [6.45, 7) is 1.80. The van der Waals surface area contributed by atoms with E-state index in [1.807, 2.05) is 6.07 Å². The van der Waals surface area contributed by atoms with Gasteiger partial charge in [-0.05, 0) is 42.5 Å². The first kappa shape index (κ1) is 21.4. The molecule has 4 heterocycles. The van der Waals surface area contributed by atoms with Gasteiger partial charge in [-0.15, -0.1) is 0 Å². The summed E-state index contributed by atoms with van der Waals surface area (Å²) in [6.07, 6.45) is 1.26. The highest BCUT2D eigenvalue weighted by Crippen LogP contribution is 2.35. The third kappa shape index (κ3) is 4.15. The molecule has 1 aromatic heterocycles. The Morgan fingerprint density at radius 2 is 1.82 bits per heavy atom. The lowest BCUT2D eigenvalue weighted by Crippen LogP contribution is -2.50. The van der Waals surface area contributed by atoms with Crippen LogP contribution in [0.25, 0.3) is 0 Å². The van der Waals surface area contributed by atoms with Crippen molar-refractivity contribution in [3.63, 3.8) is 0 Å². The van der Waals surface area contributed by atoms with E-state index in [9.17, 15) is 23.6 Å². The maximum Gasteiger partial charge on any atom is 0.324 e. The van der Waals surface area contributed by atoms with E-state index in [1.165, 1.54) is 12.1 Å². The number of carbonyl (C=O) groups is 3. The quantitative estimate of drug-likeness (QED) is 0.696. The molecule has 1 unspecified atom stereocenters. The van der Waals surface area contributed by atoms with E-state index in [2.05, 4.69) is 5.32 Å². The molecule has 5 rings (SSSR count). The van der Waals surface area contributed by atoms with Crippen molar-refractivity contribution < 1.29 is 18.8 Å². The van der Waals surface area contributed by atoms with Crippen LogP contribution < -0.4 is 10.9 Å². The number of likely N-dealkylation sites (tertiary alicyclic amines) is 1. The number of carbonyl (C=O) groups excluding carboxylic acids is 3. The minimum absolute atomic E-state index is 0.0121. The normalized spacial score (nSPS) is 24.0. The number of aromatic nitrogens is 1. The molecule has 2 bridgehead atoms. The molecule has 3 atom stereocenters. The number of benzene rings is 1. The van der Waals surface area contributed by atoms with Crippen LogP contribution in [0.2, 0.25) is 0 Å². The van der Waals surface area contributed by atoms with E-state index < -0.39 is 18.0 Å². The van der Waals surface area contributed by atoms with Crippen LogP contribution in [0.3, 0.4) is 0 Å².